The molecule has 3 nitrogen and oxygen atoms in total. The molecule has 0 amide bonds. The second-order valence-electron chi connectivity index (χ2n) is 1.97. The van der Waals surface area contributed by atoms with Gasteiger partial charge in [0.15, 0.2) is 0 Å². The molecule has 0 saturated heterocycles. The molecule has 1 unspecified atom stereocenters. The molecular formula is C6H11NO2. The quantitative estimate of drug-likeness (QED) is 0.536. The van der Waals surface area contributed by atoms with Crippen LogP contribution in [0.2, 0.25) is 0 Å². The van der Waals surface area contributed by atoms with E-state index in [0.29, 0.717) is 5.57 Å². The van der Waals surface area contributed by atoms with Crippen molar-refractivity contribution in [2.45, 2.75) is 6.92 Å². The van der Waals surface area contributed by atoms with Gasteiger partial charge in [-0.1, -0.05) is 12.2 Å². The average molecular weight is 129 g/mol. The number of nitrogens with two attached hydrogens (primary N) is 1. The molecule has 0 aliphatic rings. The fraction of sp³-hybridized carbons (Fsp3) is 0.500. The molecule has 0 saturated carbocycles. The molecule has 0 aromatic heterocycles. The van der Waals surface area contributed by atoms with Crippen molar-refractivity contribution in [2.24, 2.45) is 11.7 Å². The standard InChI is InChI=1S/C6H11NO2/c1-4(2)5(3-7)6(8)9/h5H,1,3,7H2,2H3,(H,8,9). The van der Waals surface area contributed by atoms with Gasteiger partial charge in [-0.05, 0) is 6.92 Å². The van der Waals surface area contributed by atoms with Gasteiger partial charge in [0.05, 0.1) is 5.92 Å². The van der Waals surface area contributed by atoms with Crippen LogP contribution in [0.4, 0.5) is 0 Å². The molecule has 0 bridgehead atoms. The van der Waals surface area contributed by atoms with Gasteiger partial charge in [0.25, 0.3) is 0 Å². The third-order valence-electron chi connectivity index (χ3n) is 1.13. The van der Waals surface area contributed by atoms with E-state index < -0.39 is 11.9 Å². The smallest absolute Gasteiger partial charge is 0.311 e. The van der Waals surface area contributed by atoms with Crippen molar-refractivity contribution < 1.29 is 9.90 Å². The van der Waals surface area contributed by atoms with Gasteiger partial charge < -0.3 is 10.8 Å². The van der Waals surface area contributed by atoms with Crippen LogP contribution in [0, 0.1) is 5.92 Å². The zero-order valence-electron chi connectivity index (χ0n) is 5.42. The fourth-order valence-electron chi connectivity index (χ4n) is 0.513. The summed E-state index contributed by atoms with van der Waals surface area (Å²) in [7, 11) is 0. The number of aliphatic carboxylic acids is 1. The Hall–Kier alpha value is -0.830. The van der Waals surface area contributed by atoms with E-state index in [0.717, 1.165) is 0 Å². The van der Waals surface area contributed by atoms with Crippen LogP contribution in [-0.4, -0.2) is 17.6 Å². The van der Waals surface area contributed by atoms with Gasteiger partial charge in [0.1, 0.15) is 0 Å². The minimum atomic E-state index is -0.898. The molecule has 0 spiro atoms. The van der Waals surface area contributed by atoms with E-state index in [1.54, 1.807) is 6.92 Å². The van der Waals surface area contributed by atoms with E-state index in [2.05, 4.69) is 6.58 Å². The number of carboxylic acids is 1. The Morgan fingerprint density at radius 1 is 1.89 bits per heavy atom. The first-order chi connectivity index (χ1) is 4.09. The molecule has 0 aromatic carbocycles. The van der Waals surface area contributed by atoms with E-state index in [1.807, 2.05) is 0 Å². The van der Waals surface area contributed by atoms with E-state index in [-0.39, 0.29) is 6.54 Å². The van der Waals surface area contributed by atoms with E-state index in [4.69, 9.17) is 10.8 Å². The summed E-state index contributed by atoms with van der Waals surface area (Å²) in [5.74, 6) is -1.48. The summed E-state index contributed by atoms with van der Waals surface area (Å²) in [6.07, 6.45) is 0. The zero-order chi connectivity index (χ0) is 7.44. The van der Waals surface area contributed by atoms with Crippen molar-refractivity contribution in [1.82, 2.24) is 0 Å². The molecule has 0 aliphatic carbocycles. The van der Waals surface area contributed by atoms with Crippen LogP contribution in [-0.2, 0) is 4.79 Å². The van der Waals surface area contributed by atoms with Gasteiger partial charge in [-0.25, -0.2) is 0 Å². The van der Waals surface area contributed by atoms with Crippen LogP contribution in [0.3, 0.4) is 0 Å². The van der Waals surface area contributed by atoms with Gasteiger partial charge in [-0.15, -0.1) is 0 Å². The Kier molecular flexibility index (Phi) is 2.95. The van der Waals surface area contributed by atoms with E-state index in [9.17, 15) is 4.79 Å². The fourth-order valence-corrected chi connectivity index (χ4v) is 0.513. The van der Waals surface area contributed by atoms with Crippen LogP contribution in [0.5, 0.6) is 0 Å². The molecule has 3 N–H and O–H groups in total. The summed E-state index contributed by atoms with van der Waals surface area (Å²) in [6.45, 7) is 5.27. The summed E-state index contributed by atoms with van der Waals surface area (Å²) in [5, 5.41) is 8.40. The Bertz CT molecular complexity index is 117. The number of hydrogen-bond acceptors (Lipinski definition) is 2. The second kappa shape index (κ2) is 3.25. The predicted molar refractivity (Wildman–Crippen MR) is 35.0 cm³/mol. The largest absolute Gasteiger partial charge is 0.481 e. The van der Waals surface area contributed by atoms with Crippen molar-refractivity contribution in [1.29, 1.82) is 0 Å². The molecule has 3 heteroatoms. The third kappa shape index (κ3) is 2.28. The average Bonchev–Trinajstić information content (AvgIpc) is 1.64. The number of carbonyl (C=O) groups is 1. The molecule has 0 rings (SSSR count). The first-order valence-electron chi connectivity index (χ1n) is 2.68. The summed E-state index contributed by atoms with van der Waals surface area (Å²) in [4.78, 5) is 10.2. The monoisotopic (exact) mass is 129 g/mol. The molecule has 9 heavy (non-hydrogen) atoms. The maximum atomic E-state index is 10.2. The number of rotatable bonds is 3. The Labute approximate surface area is 54.2 Å². The van der Waals surface area contributed by atoms with Crippen LogP contribution in [0.1, 0.15) is 6.92 Å². The molecule has 0 heterocycles. The SMILES string of the molecule is C=C(C)C(CN)C(=O)O. The van der Waals surface area contributed by atoms with Crippen molar-refractivity contribution >= 4 is 5.97 Å². The molecule has 0 fully saturated rings. The summed E-state index contributed by atoms with van der Waals surface area (Å²) in [6, 6.07) is 0. The van der Waals surface area contributed by atoms with Gasteiger partial charge in [-0.3, -0.25) is 4.79 Å². The Balaban J connectivity index is 3.99. The summed E-state index contributed by atoms with van der Waals surface area (Å²) >= 11 is 0. The third-order valence-corrected chi connectivity index (χ3v) is 1.13. The highest BCUT2D eigenvalue weighted by Crippen LogP contribution is 2.04. The lowest BCUT2D eigenvalue weighted by Gasteiger charge is -2.06. The van der Waals surface area contributed by atoms with Crippen molar-refractivity contribution in [3.63, 3.8) is 0 Å². The minimum Gasteiger partial charge on any atom is -0.481 e. The summed E-state index contributed by atoms with van der Waals surface area (Å²) < 4.78 is 0. The number of hydrogen-bond donors (Lipinski definition) is 2. The van der Waals surface area contributed by atoms with Crippen molar-refractivity contribution in [3.8, 4) is 0 Å². The molecule has 0 aliphatic heterocycles. The highest BCUT2D eigenvalue weighted by molar-refractivity contribution is 5.73. The number of carboxylic acid groups (broad SMARTS) is 1. The van der Waals surface area contributed by atoms with Crippen LogP contribution in [0.15, 0.2) is 12.2 Å². The van der Waals surface area contributed by atoms with Crippen LogP contribution >= 0.6 is 0 Å². The first-order valence-corrected chi connectivity index (χ1v) is 2.68. The minimum absolute atomic E-state index is 0.130. The lowest BCUT2D eigenvalue weighted by Crippen LogP contribution is -2.23. The van der Waals surface area contributed by atoms with Gasteiger partial charge >= 0.3 is 5.97 Å². The maximum absolute atomic E-state index is 10.2. The van der Waals surface area contributed by atoms with Crippen molar-refractivity contribution in [2.75, 3.05) is 6.54 Å². The Morgan fingerprint density at radius 2 is 2.33 bits per heavy atom. The van der Waals surface area contributed by atoms with Crippen molar-refractivity contribution in [3.05, 3.63) is 12.2 Å². The molecule has 1 atom stereocenters. The maximum Gasteiger partial charge on any atom is 0.311 e. The highest BCUT2D eigenvalue weighted by Gasteiger charge is 2.14. The van der Waals surface area contributed by atoms with Crippen LogP contribution in [0.25, 0.3) is 0 Å². The van der Waals surface area contributed by atoms with E-state index in [1.165, 1.54) is 0 Å². The molecule has 0 aromatic rings. The molecule has 52 valence electrons. The zero-order valence-corrected chi connectivity index (χ0v) is 5.42. The molecule has 0 radical (unpaired) electrons. The second-order valence-corrected chi connectivity index (χ2v) is 1.97. The lowest BCUT2D eigenvalue weighted by atomic mass is 10.0. The Morgan fingerprint density at radius 3 is 2.33 bits per heavy atom. The van der Waals surface area contributed by atoms with Gasteiger partial charge in [0, 0.05) is 6.54 Å². The lowest BCUT2D eigenvalue weighted by molar-refractivity contribution is -0.140. The summed E-state index contributed by atoms with van der Waals surface area (Å²) in [5.41, 5.74) is 5.73. The first kappa shape index (κ1) is 8.17. The normalized spacial score (nSPS) is 12.7. The topological polar surface area (TPSA) is 63.3 Å². The predicted octanol–water partition coefficient (Wildman–Crippen LogP) is 0.222. The molecular weight excluding hydrogens is 118 g/mol. The van der Waals surface area contributed by atoms with Gasteiger partial charge in [-0.2, -0.15) is 0 Å². The van der Waals surface area contributed by atoms with Crippen LogP contribution < -0.4 is 5.73 Å². The highest BCUT2D eigenvalue weighted by atomic mass is 16.4. The van der Waals surface area contributed by atoms with E-state index >= 15 is 0 Å². The van der Waals surface area contributed by atoms with Gasteiger partial charge in [0.2, 0.25) is 0 Å².